The average molecular weight is 411 g/mol. The summed E-state index contributed by atoms with van der Waals surface area (Å²) in [5.74, 6) is 3.06. The van der Waals surface area contributed by atoms with Gasteiger partial charge in [0.2, 0.25) is 0 Å². The van der Waals surface area contributed by atoms with Crippen molar-refractivity contribution >= 4 is 5.78 Å². The highest BCUT2D eigenvalue weighted by atomic mass is 16.1. The molecule has 7 atom stereocenters. The minimum atomic E-state index is 0.269. The monoisotopic (exact) mass is 410 g/mol. The number of ketones is 1. The largest absolute Gasteiger partial charge is 0.299 e. The number of Topliss-reactive ketones (excluding diaryl/α,β-unsaturated/α-hetero) is 1. The van der Waals surface area contributed by atoms with E-state index >= 15 is 0 Å². The van der Waals surface area contributed by atoms with Crippen LogP contribution in [0.4, 0.5) is 0 Å². The fourth-order valence-electron chi connectivity index (χ4n) is 8.90. The van der Waals surface area contributed by atoms with Crippen LogP contribution in [0.2, 0.25) is 0 Å². The van der Waals surface area contributed by atoms with Crippen LogP contribution < -0.4 is 0 Å². The third-order valence-corrected chi connectivity index (χ3v) is 11.0. The number of allylic oxidation sites excluding steroid dienone is 4. The lowest BCUT2D eigenvalue weighted by atomic mass is 9.45. The molecule has 0 heterocycles. The first kappa shape index (κ1) is 22.3. The molecule has 4 aliphatic rings. The molecule has 0 aromatic carbocycles. The maximum Gasteiger partial charge on any atom is 0.136 e. The summed E-state index contributed by atoms with van der Waals surface area (Å²) in [6, 6.07) is 0. The van der Waals surface area contributed by atoms with Crippen molar-refractivity contribution in [2.75, 3.05) is 0 Å². The third kappa shape index (κ3) is 3.12. The fraction of sp³-hybridized carbons (Fsp3) is 0.828. The standard InChI is InChI=1S/C29H46O/c1-19(2)9-8-10-20(3)22-13-17-29(7)25-12-11-23-21(4)26(30)15-16-27(23,5)24(25)14-18-28(22,29)6/h9,20-23H,8,10-18H2,1-7H3/t20-,21+,22-,23-,27-,28+,29+/m0/s1. The van der Waals surface area contributed by atoms with Crippen molar-refractivity contribution in [2.24, 2.45) is 39.9 Å². The van der Waals surface area contributed by atoms with Crippen LogP contribution in [0.5, 0.6) is 0 Å². The molecular weight excluding hydrogens is 364 g/mol. The Kier molecular flexibility index (Phi) is 5.68. The van der Waals surface area contributed by atoms with Crippen LogP contribution in [0.25, 0.3) is 0 Å². The van der Waals surface area contributed by atoms with E-state index in [-0.39, 0.29) is 5.92 Å². The van der Waals surface area contributed by atoms with Gasteiger partial charge in [0.15, 0.2) is 0 Å². The zero-order valence-electron chi connectivity index (χ0n) is 20.9. The van der Waals surface area contributed by atoms with E-state index in [4.69, 9.17) is 0 Å². The Morgan fingerprint density at radius 3 is 2.47 bits per heavy atom. The van der Waals surface area contributed by atoms with Crippen molar-refractivity contribution in [1.29, 1.82) is 0 Å². The lowest BCUT2D eigenvalue weighted by Gasteiger charge is -2.59. The molecule has 0 aromatic rings. The number of fused-ring (bicyclic) bond motifs is 4. The molecule has 1 heteroatoms. The minimum absolute atomic E-state index is 0.269. The van der Waals surface area contributed by atoms with Crippen molar-refractivity contribution in [3.63, 3.8) is 0 Å². The Hall–Kier alpha value is -0.850. The zero-order valence-corrected chi connectivity index (χ0v) is 20.9. The highest BCUT2D eigenvalue weighted by Gasteiger charge is 2.62. The van der Waals surface area contributed by atoms with E-state index in [2.05, 4.69) is 54.5 Å². The van der Waals surface area contributed by atoms with Crippen LogP contribution in [0.1, 0.15) is 113 Å². The van der Waals surface area contributed by atoms with E-state index in [1.807, 2.05) is 11.1 Å². The van der Waals surface area contributed by atoms with Crippen molar-refractivity contribution in [2.45, 2.75) is 113 Å². The van der Waals surface area contributed by atoms with E-state index in [9.17, 15) is 4.79 Å². The summed E-state index contributed by atoms with van der Waals surface area (Å²) in [6.45, 7) is 17.1. The first-order chi connectivity index (χ1) is 14.0. The summed E-state index contributed by atoms with van der Waals surface area (Å²) in [5, 5.41) is 0. The Morgan fingerprint density at radius 1 is 1.03 bits per heavy atom. The van der Waals surface area contributed by atoms with Crippen molar-refractivity contribution in [3.8, 4) is 0 Å². The topological polar surface area (TPSA) is 17.1 Å². The van der Waals surface area contributed by atoms with Gasteiger partial charge in [-0.25, -0.2) is 0 Å². The predicted octanol–water partition coefficient (Wildman–Crippen LogP) is 8.30. The number of carbonyl (C=O) groups excluding carboxylic acids is 1. The van der Waals surface area contributed by atoms with E-state index in [1.54, 1.807) is 0 Å². The van der Waals surface area contributed by atoms with Crippen molar-refractivity contribution in [1.82, 2.24) is 0 Å². The highest BCUT2D eigenvalue weighted by molar-refractivity contribution is 5.82. The Morgan fingerprint density at radius 2 is 1.77 bits per heavy atom. The summed E-state index contributed by atoms with van der Waals surface area (Å²) in [4.78, 5) is 12.5. The summed E-state index contributed by atoms with van der Waals surface area (Å²) < 4.78 is 0. The van der Waals surface area contributed by atoms with Crippen LogP contribution in [-0.4, -0.2) is 5.78 Å². The number of carbonyl (C=O) groups is 1. The second-order valence-electron chi connectivity index (χ2n) is 12.5. The van der Waals surface area contributed by atoms with E-state index in [0.29, 0.717) is 27.9 Å². The Labute approximate surface area is 186 Å². The van der Waals surface area contributed by atoms with Gasteiger partial charge in [0, 0.05) is 12.3 Å². The van der Waals surface area contributed by atoms with Crippen molar-refractivity contribution < 1.29 is 4.79 Å². The van der Waals surface area contributed by atoms with Gasteiger partial charge in [-0.05, 0) is 106 Å². The first-order valence-corrected chi connectivity index (χ1v) is 12.9. The SMILES string of the molecule is CC(C)=CCC[C@H](C)[C@@H]1CC[C@]2(C)C3=C(CC[C@]12C)[C@@]1(C)CCC(=O)[C@H](C)[C@@H]1CC3. The van der Waals surface area contributed by atoms with Crippen LogP contribution in [0.15, 0.2) is 22.8 Å². The van der Waals surface area contributed by atoms with Gasteiger partial charge < -0.3 is 0 Å². The average Bonchev–Trinajstić information content (AvgIpc) is 2.96. The Bertz CT molecular complexity index is 767. The van der Waals surface area contributed by atoms with Gasteiger partial charge in [-0.3, -0.25) is 4.79 Å². The fourth-order valence-corrected chi connectivity index (χ4v) is 8.90. The minimum Gasteiger partial charge on any atom is -0.299 e. The lowest BCUT2D eigenvalue weighted by molar-refractivity contribution is -0.130. The first-order valence-electron chi connectivity index (χ1n) is 12.9. The molecule has 0 saturated heterocycles. The Balaban J connectivity index is 1.63. The van der Waals surface area contributed by atoms with Crippen LogP contribution >= 0.6 is 0 Å². The molecule has 0 amide bonds. The van der Waals surface area contributed by atoms with Gasteiger partial charge in [-0.1, -0.05) is 57.4 Å². The highest BCUT2D eigenvalue weighted by Crippen LogP contribution is 2.71. The van der Waals surface area contributed by atoms with E-state index in [0.717, 1.165) is 24.7 Å². The molecule has 0 bridgehead atoms. The second kappa shape index (κ2) is 7.63. The summed E-state index contributed by atoms with van der Waals surface area (Å²) >= 11 is 0. The van der Waals surface area contributed by atoms with E-state index < -0.39 is 0 Å². The maximum atomic E-state index is 12.5. The number of rotatable bonds is 4. The summed E-state index contributed by atoms with van der Waals surface area (Å²) in [5.41, 5.74) is 6.26. The number of hydrogen-bond donors (Lipinski definition) is 0. The van der Waals surface area contributed by atoms with E-state index in [1.165, 1.54) is 56.9 Å². The summed E-state index contributed by atoms with van der Waals surface area (Å²) in [7, 11) is 0. The maximum absolute atomic E-state index is 12.5. The molecule has 4 aliphatic carbocycles. The van der Waals surface area contributed by atoms with Gasteiger partial charge in [-0.15, -0.1) is 0 Å². The molecule has 0 aliphatic heterocycles. The molecule has 0 N–H and O–H groups in total. The second-order valence-corrected chi connectivity index (χ2v) is 12.5. The van der Waals surface area contributed by atoms with Crippen LogP contribution in [-0.2, 0) is 4.79 Å². The molecule has 4 rings (SSSR count). The van der Waals surface area contributed by atoms with Crippen LogP contribution in [0.3, 0.4) is 0 Å². The van der Waals surface area contributed by atoms with Gasteiger partial charge in [0.1, 0.15) is 5.78 Å². The summed E-state index contributed by atoms with van der Waals surface area (Å²) in [6.07, 6.45) is 14.9. The molecular formula is C29H46O. The molecule has 2 saturated carbocycles. The lowest BCUT2D eigenvalue weighted by Crippen LogP contribution is -2.50. The molecule has 0 radical (unpaired) electrons. The predicted molar refractivity (Wildman–Crippen MR) is 127 cm³/mol. The van der Waals surface area contributed by atoms with Crippen LogP contribution in [0, 0.1) is 39.9 Å². The quantitative estimate of drug-likeness (QED) is 0.426. The van der Waals surface area contributed by atoms with Gasteiger partial charge in [-0.2, -0.15) is 0 Å². The molecule has 1 nitrogen and oxygen atoms in total. The molecule has 168 valence electrons. The normalized spacial score (nSPS) is 44.2. The molecule has 0 unspecified atom stereocenters. The third-order valence-electron chi connectivity index (χ3n) is 11.0. The number of hydrogen-bond acceptors (Lipinski definition) is 1. The van der Waals surface area contributed by atoms with Crippen molar-refractivity contribution in [3.05, 3.63) is 22.8 Å². The smallest absolute Gasteiger partial charge is 0.136 e. The molecule has 2 fully saturated rings. The zero-order chi connectivity index (χ0) is 21.9. The van der Waals surface area contributed by atoms with Gasteiger partial charge >= 0.3 is 0 Å². The molecule has 0 aromatic heterocycles. The van der Waals surface area contributed by atoms with Gasteiger partial charge in [0.05, 0.1) is 0 Å². The molecule has 0 spiro atoms. The molecule has 30 heavy (non-hydrogen) atoms. The van der Waals surface area contributed by atoms with Gasteiger partial charge in [0.25, 0.3) is 0 Å².